The maximum Gasteiger partial charge on any atom is 0.229 e. The molecule has 1 N–H and O–H groups in total. The number of hydrogen-bond acceptors (Lipinski definition) is 2. The van der Waals surface area contributed by atoms with Crippen LogP contribution in [-0.2, 0) is 16.0 Å². The van der Waals surface area contributed by atoms with Crippen LogP contribution in [0.2, 0.25) is 5.02 Å². The SMILES string of the molecule is Cc1cc(Cl)ccc1NC(=O)C1CCCN(C(=O)Cc2ccccc2)C1. The van der Waals surface area contributed by atoms with Gasteiger partial charge in [-0.3, -0.25) is 9.59 Å². The van der Waals surface area contributed by atoms with Gasteiger partial charge in [-0.2, -0.15) is 0 Å². The van der Waals surface area contributed by atoms with Gasteiger partial charge < -0.3 is 10.2 Å². The van der Waals surface area contributed by atoms with Crippen LogP contribution >= 0.6 is 11.6 Å². The highest BCUT2D eigenvalue weighted by molar-refractivity contribution is 6.30. The first-order valence-electron chi connectivity index (χ1n) is 8.91. The van der Waals surface area contributed by atoms with Crippen LogP contribution in [-0.4, -0.2) is 29.8 Å². The molecule has 2 aromatic carbocycles. The molecule has 0 aliphatic carbocycles. The van der Waals surface area contributed by atoms with Crippen LogP contribution in [0.4, 0.5) is 5.69 Å². The number of carbonyl (C=O) groups excluding carboxylic acids is 2. The standard InChI is InChI=1S/C21H23ClN2O2/c1-15-12-18(22)9-10-19(15)23-21(26)17-8-5-11-24(14-17)20(25)13-16-6-3-2-4-7-16/h2-4,6-7,9-10,12,17H,5,8,11,13-14H2,1H3,(H,23,26). The van der Waals surface area contributed by atoms with E-state index in [1.54, 1.807) is 6.07 Å². The number of likely N-dealkylation sites (tertiary alicyclic amines) is 1. The topological polar surface area (TPSA) is 49.4 Å². The van der Waals surface area contributed by atoms with Crippen molar-refractivity contribution >= 4 is 29.1 Å². The minimum atomic E-state index is -0.182. The van der Waals surface area contributed by atoms with Crippen molar-refractivity contribution < 1.29 is 9.59 Å². The van der Waals surface area contributed by atoms with Gasteiger partial charge in [-0.1, -0.05) is 41.9 Å². The van der Waals surface area contributed by atoms with E-state index in [-0.39, 0.29) is 17.7 Å². The zero-order chi connectivity index (χ0) is 18.5. The molecule has 1 atom stereocenters. The lowest BCUT2D eigenvalue weighted by molar-refractivity contribution is -0.133. The van der Waals surface area contributed by atoms with Crippen molar-refractivity contribution in [2.75, 3.05) is 18.4 Å². The molecule has 0 radical (unpaired) electrons. The maximum absolute atomic E-state index is 12.6. The molecule has 1 aliphatic heterocycles. The van der Waals surface area contributed by atoms with Gasteiger partial charge >= 0.3 is 0 Å². The predicted octanol–water partition coefficient (Wildman–Crippen LogP) is 4.07. The monoisotopic (exact) mass is 370 g/mol. The number of amides is 2. The molecule has 2 aromatic rings. The molecular formula is C21H23ClN2O2. The van der Waals surface area contributed by atoms with Gasteiger partial charge in [0.25, 0.3) is 0 Å². The van der Waals surface area contributed by atoms with Gasteiger partial charge in [-0.25, -0.2) is 0 Å². The molecule has 1 aliphatic rings. The molecule has 2 amide bonds. The number of benzene rings is 2. The molecule has 0 spiro atoms. The molecule has 1 fully saturated rings. The van der Waals surface area contributed by atoms with E-state index in [9.17, 15) is 9.59 Å². The summed E-state index contributed by atoms with van der Waals surface area (Å²) in [6.45, 7) is 3.11. The second-order valence-corrected chi connectivity index (χ2v) is 7.23. The summed E-state index contributed by atoms with van der Waals surface area (Å²) < 4.78 is 0. The molecule has 1 heterocycles. The summed E-state index contributed by atoms with van der Waals surface area (Å²) in [4.78, 5) is 27.0. The van der Waals surface area contributed by atoms with E-state index in [2.05, 4.69) is 5.32 Å². The third-order valence-electron chi connectivity index (χ3n) is 4.79. The molecule has 1 saturated heterocycles. The van der Waals surface area contributed by atoms with E-state index < -0.39 is 0 Å². The van der Waals surface area contributed by atoms with Crippen molar-refractivity contribution in [1.82, 2.24) is 4.90 Å². The lowest BCUT2D eigenvalue weighted by Gasteiger charge is -2.32. The third-order valence-corrected chi connectivity index (χ3v) is 5.02. The third kappa shape index (κ3) is 4.64. The van der Waals surface area contributed by atoms with Gasteiger partial charge in [-0.05, 0) is 49.1 Å². The molecule has 0 bridgehead atoms. The lowest BCUT2D eigenvalue weighted by atomic mass is 9.96. The molecule has 0 aromatic heterocycles. The molecule has 1 unspecified atom stereocenters. The van der Waals surface area contributed by atoms with Crippen LogP contribution in [0, 0.1) is 12.8 Å². The minimum Gasteiger partial charge on any atom is -0.342 e. The Bertz CT molecular complexity index is 792. The second kappa shape index (κ2) is 8.37. The Kier molecular flexibility index (Phi) is 5.94. The van der Waals surface area contributed by atoms with Crippen LogP contribution in [0.25, 0.3) is 0 Å². The maximum atomic E-state index is 12.6. The van der Waals surface area contributed by atoms with Crippen molar-refractivity contribution in [3.05, 3.63) is 64.7 Å². The number of nitrogens with one attached hydrogen (secondary N) is 1. The average Bonchev–Trinajstić information content (AvgIpc) is 2.65. The Morgan fingerprint density at radius 2 is 1.96 bits per heavy atom. The fourth-order valence-electron chi connectivity index (χ4n) is 3.30. The predicted molar refractivity (Wildman–Crippen MR) is 104 cm³/mol. The van der Waals surface area contributed by atoms with Crippen LogP contribution in [0.15, 0.2) is 48.5 Å². The van der Waals surface area contributed by atoms with Crippen LogP contribution in [0.5, 0.6) is 0 Å². The van der Waals surface area contributed by atoms with Crippen LogP contribution in [0.1, 0.15) is 24.0 Å². The summed E-state index contributed by atoms with van der Waals surface area (Å²) in [6.07, 6.45) is 2.03. The van der Waals surface area contributed by atoms with E-state index in [0.29, 0.717) is 18.0 Å². The minimum absolute atomic E-state index is 0.0346. The fraction of sp³-hybridized carbons (Fsp3) is 0.333. The molecule has 5 heteroatoms. The molecule has 3 rings (SSSR count). The number of aryl methyl sites for hydroxylation is 1. The van der Waals surface area contributed by atoms with Crippen LogP contribution < -0.4 is 5.32 Å². The van der Waals surface area contributed by atoms with Gasteiger partial charge in [0, 0.05) is 23.8 Å². The van der Waals surface area contributed by atoms with E-state index in [1.807, 2.05) is 54.3 Å². The number of piperidine rings is 1. The van der Waals surface area contributed by atoms with E-state index in [4.69, 9.17) is 11.6 Å². The Hall–Kier alpha value is -2.33. The summed E-state index contributed by atoms with van der Waals surface area (Å²) in [6, 6.07) is 15.1. The molecule has 4 nitrogen and oxygen atoms in total. The van der Waals surface area contributed by atoms with E-state index in [1.165, 1.54) is 0 Å². The number of nitrogens with zero attached hydrogens (tertiary/aromatic N) is 1. The lowest BCUT2D eigenvalue weighted by Crippen LogP contribution is -2.44. The number of hydrogen-bond donors (Lipinski definition) is 1. The second-order valence-electron chi connectivity index (χ2n) is 6.79. The van der Waals surface area contributed by atoms with Crippen molar-refractivity contribution in [3.63, 3.8) is 0 Å². The summed E-state index contributed by atoms with van der Waals surface area (Å²) in [7, 11) is 0. The number of anilines is 1. The van der Waals surface area contributed by atoms with Gasteiger partial charge in [0.15, 0.2) is 0 Å². The summed E-state index contributed by atoms with van der Waals surface area (Å²) in [5, 5.41) is 3.63. The van der Waals surface area contributed by atoms with Crippen molar-refractivity contribution in [3.8, 4) is 0 Å². The fourth-order valence-corrected chi connectivity index (χ4v) is 3.53. The molecule has 26 heavy (non-hydrogen) atoms. The first-order chi connectivity index (χ1) is 12.5. The largest absolute Gasteiger partial charge is 0.342 e. The van der Waals surface area contributed by atoms with Gasteiger partial charge in [0.2, 0.25) is 11.8 Å². The Morgan fingerprint density at radius 3 is 2.69 bits per heavy atom. The average molecular weight is 371 g/mol. The Labute approximate surface area is 159 Å². The van der Waals surface area contributed by atoms with Crippen molar-refractivity contribution in [1.29, 1.82) is 0 Å². The Morgan fingerprint density at radius 1 is 1.19 bits per heavy atom. The zero-order valence-corrected chi connectivity index (χ0v) is 15.6. The van der Waals surface area contributed by atoms with Crippen molar-refractivity contribution in [2.24, 2.45) is 5.92 Å². The van der Waals surface area contributed by atoms with Gasteiger partial charge in [-0.15, -0.1) is 0 Å². The quantitative estimate of drug-likeness (QED) is 0.882. The first kappa shape index (κ1) is 18.5. The van der Waals surface area contributed by atoms with Gasteiger partial charge in [0.1, 0.15) is 0 Å². The summed E-state index contributed by atoms with van der Waals surface area (Å²) in [5.74, 6) is -0.137. The summed E-state index contributed by atoms with van der Waals surface area (Å²) in [5.41, 5.74) is 2.70. The Balaban J connectivity index is 1.60. The zero-order valence-electron chi connectivity index (χ0n) is 14.9. The molecule has 136 valence electrons. The van der Waals surface area contributed by atoms with Crippen LogP contribution in [0.3, 0.4) is 0 Å². The molecular weight excluding hydrogens is 348 g/mol. The number of carbonyl (C=O) groups is 2. The van der Waals surface area contributed by atoms with E-state index >= 15 is 0 Å². The highest BCUT2D eigenvalue weighted by Gasteiger charge is 2.28. The first-order valence-corrected chi connectivity index (χ1v) is 9.29. The number of halogens is 1. The normalized spacial score (nSPS) is 17.0. The van der Waals surface area contributed by atoms with Gasteiger partial charge in [0.05, 0.1) is 12.3 Å². The highest BCUT2D eigenvalue weighted by Crippen LogP contribution is 2.23. The molecule has 0 saturated carbocycles. The van der Waals surface area contributed by atoms with Crippen molar-refractivity contribution in [2.45, 2.75) is 26.2 Å². The smallest absolute Gasteiger partial charge is 0.229 e. The number of rotatable bonds is 4. The summed E-state index contributed by atoms with van der Waals surface area (Å²) >= 11 is 5.97. The highest BCUT2D eigenvalue weighted by atomic mass is 35.5. The van der Waals surface area contributed by atoms with E-state index in [0.717, 1.165) is 36.2 Å².